The van der Waals surface area contributed by atoms with Gasteiger partial charge in [-0.1, -0.05) is 12.1 Å². The van der Waals surface area contributed by atoms with E-state index in [1.165, 1.54) is 30.3 Å². The van der Waals surface area contributed by atoms with Crippen LogP contribution in [0, 0.1) is 11.6 Å². The summed E-state index contributed by atoms with van der Waals surface area (Å²) in [6.07, 6.45) is 0. The Hall–Kier alpha value is -2.36. The molecule has 0 unspecified atom stereocenters. The minimum atomic E-state index is -3.86. The number of benzene rings is 2. The summed E-state index contributed by atoms with van der Waals surface area (Å²) in [5.74, 6) is -2.33. The van der Waals surface area contributed by atoms with Crippen LogP contribution in [0.1, 0.15) is 18.5 Å². The van der Waals surface area contributed by atoms with Crippen molar-refractivity contribution in [3.8, 4) is 0 Å². The van der Waals surface area contributed by atoms with E-state index in [0.29, 0.717) is 5.56 Å². The van der Waals surface area contributed by atoms with E-state index < -0.39 is 33.6 Å². The first kappa shape index (κ1) is 19.0. The zero-order valence-corrected chi connectivity index (χ0v) is 14.1. The molecule has 134 valence electrons. The van der Waals surface area contributed by atoms with Gasteiger partial charge in [-0.3, -0.25) is 4.79 Å². The first-order valence-corrected chi connectivity index (χ1v) is 8.82. The molecule has 0 aliphatic rings. The fourth-order valence-corrected chi connectivity index (χ4v) is 2.66. The van der Waals surface area contributed by atoms with E-state index in [-0.39, 0.29) is 17.1 Å². The molecule has 6 nitrogen and oxygen atoms in total. The van der Waals surface area contributed by atoms with Crippen molar-refractivity contribution < 1.29 is 22.0 Å². The standard InChI is InChI=1S/C16H17F2N3O3S/c1-10(11-5-6-14(17)15(18)7-11)20-9-16(22)21-12-3-2-4-13(8-12)25(19,23)24/h2-8,10,20H,9H2,1H3,(H,21,22)(H2,19,23,24)/t10-/m0/s1. The molecule has 0 aromatic heterocycles. The minimum Gasteiger partial charge on any atom is -0.325 e. The number of primary sulfonamides is 1. The maximum absolute atomic E-state index is 13.2. The summed E-state index contributed by atoms with van der Waals surface area (Å²) in [6.45, 7) is 1.58. The summed E-state index contributed by atoms with van der Waals surface area (Å²) in [7, 11) is -3.86. The lowest BCUT2D eigenvalue weighted by atomic mass is 10.1. The van der Waals surface area contributed by atoms with Gasteiger partial charge in [0.2, 0.25) is 15.9 Å². The third kappa shape index (κ3) is 5.31. The van der Waals surface area contributed by atoms with Crippen molar-refractivity contribution in [3.63, 3.8) is 0 Å². The van der Waals surface area contributed by atoms with Crippen molar-refractivity contribution in [2.45, 2.75) is 17.9 Å². The first-order chi connectivity index (χ1) is 11.7. The Morgan fingerprint density at radius 1 is 1.16 bits per heavy atom. The molecule has 4 N–H and O–H groups in total. The number of nitrogens with one attached hydrogen (secondary N) is 2. The molecule has 2 aromatic carbocycles. The fourth-order valence-electron chi connectivity index (χ4n) is 2.10. The Morgan fingerprint density at radius 3 is 2.52 bits per heavy atom. The Balaban J connectivity index is 1.95. The lowest BCUT2D eigenvalue weighted by Gasteiger charge is -2.14. The molecular weight excluding hydrogens is 352 g/mol. The average Bonchev–Trinajstić information content (AvgIpc) is 2.54. The molecule has 0 aliphatic carbocycles. The number of hydrogen-bond acceptors (Lipinski definition) is 4. The molecule has 1 amide bonds. The lowest BCUT2D eigenvalue weighted by Crippen LogP contribution is -2.30. The molecule has 25 heavy (non-hydrogen) atoms. The Bertz CT molecular complexity index is 888. The number of sulfonamides is 1. The maximum Gasteiger partial charge on any atom is 0.238 e. The van der Waals surface area contributed by atoms with Gasteiger partial charge in [-0.25, -0.2) is 22.3 Å². The fraction of sp³-hybridized carbons (Fsp3) is 0.188. The predicted octanol–water partition coefficient (Wildman–Crippen LogP) is 1.90. The van der Waals surface area contributed by atoms with Crippen molar-refractivity contribution >= 4 is 21.6 Å². The molecule has 0 aliphatic heterocycles. The summed E-state index contributed by atoms with van der Waals surface area (Å²) in [5, 5.41) is 10.4. The number of anilines is 1. The van der Waals surface area contributed by atoms with Gasteiger partial charge in [0.1, 0.15) is 0 Å². The highest BCUT2D eigenvalue weighted by atomic mass is 32.2. The monoisotopic (exact) mass is 369 g/mol. The normalized spacial score (nSPS) is 12.6. The number of halogens is 2. The average molecular weight is 369 g/mol. The summed E-state index contributed by atoms with van der Waals surface area (Å²) >= 11 is 0. The molecule has 0 fully saturated rings. The van der Waals surface area contributed by atoms with E-state index in [0.717, 1.165) is 12.1 Å². The molecule has 2 rings (SSSR count). The number of hydrogen-bond donors (Lipinski definition) is 3. The van der Waals surface area contributed by atoms with Crippen LogP contribution in [0.25, 0.3) is 0 Å². The van der Waals surface area contributed by atoms with Gasteiger partial charge in [0, 0.05) is 11.7 Å². The molecule has 0 spiro atoms. The van der Waals surface area contributed by atoms with Gasteiger partial charge >= 0.3 is 0 Å². The van der Waals surface area contributed by atoms with Crippen molar-refractivity contribution in [2.75, 3.05) is 11.9 Å². The zero-order chi connectivity index (χ0) is 18.6. The van der Waals surface area contributed by atoms with Crippen LogP contribution in [0.15, 0.2) is 47.4 Å². The highest BCUT2D eigenvalue weighted by molar-refractivity contribution is 7.89. The van der Waals surface area contributed by atoms with Gasteiger partial charge in [-0.05, 0) is 42.8 Å². The largest absolute Gasteiger partial charge is 0.325 e. The van der Waals surface area contributed by atoms with Gasteiger partial charge in [0.05, 0.1) is 11.4 Å². The maximum atomic E-state index is 13.2. The minimum absolute atomic E-state index is 0.111. The summed E-state index contributed by atoms with van der Waals surface area (Å²) in [4.78, 5) is 11.8. The summed E-state index contributed by atoms with van der Waals surface area (Å²) in [5.41, 5.74) is 0.765. The highest BCUT2D eigenvalue weighted by Crippen LogP contribution is 2.16. The molecule has 0 radical (unpaired) electrons. The molecule has 9 heteroatoms. The smallest absolute Gasteiger partial charge is 0.238 e. The topological polar surface area (TPSA) is 101 Å². The highest BCUT2D eigenvalue weighted by Gasteiger charge is 2.12. The van der Waals surface area contributed by atoms with Crippen molar-refractivity contribution in [1.82, 2.24) is 5.32 Å². The second-order valence-corrected chi connectivity index (χ2v) is 6.96. The quantitative estimate of drug-likeness (QED) is 0.724. The predicted molar refractivity (Wildman–Crippen MR) is 89.2 cm³/mol. The van der Waals surface area contributed by atoms with E-state index in [4.69, 9.17) is 5.14 Å². The van der Waals surface area contributed by atoms with Crippen LogP contribution in [0.3, 0.4) is 0 Å². The van der Waals surface area contributed by atoms with Gasteiger partial charge in [-0.2, -0.15) is 0 Å². The van der Waals surface area contributed by atoms with Crippen LogP contribution < -0.4 is 15.8 Å². The third-order valence-corrected chi connectivity index (χ3v) is 4.37. The van der Waals surface area contributed by atoms with E-state index >= 15 is 0 Å². The van der Waals surface area contributed by atoms with Crippen molar-refractivity contribution in [3.05, 3.63) is 59.7 Å². The van der Waals surface area contributed by atoms with Crippen LogP contribution >= 0.6 is 0 Å². The van der Waals surface area contributed by atoms with E-state index in [2.05, 4.69) is 10.6 Å². The van der Waals surface area contributed by atoms with Gasteiger partial charge < -0.3 is 10.6 Å². The second kappa shape index (κ2) is 7.68. The molecule has 1 atom stereocenters. The van der Waals surface area contributed by atoms with E-state index in [9.17, 15) is 22.0 Å². The summed E-state index contributed by atoms with van der Waals surface area (Å²) < 4.78 is 48.7. The Morgan fingerprint density at radius 2 is 1.88 bits per heavy atom. The number of amides is 1. The molecule has 0 heterocycles. The molecular formula is C16H17F2N3O3S. The van der Waals surface area contributed by atoms with Crippen molar-refractivity contribution in [1.29, 1.82) is 0 Å². The second-order valence-electron chi connectivity index (χ2n) is 5.40. The molecule has 0 bridgehead atoms. The molecule has 2 aromatic rings. The van der Waals surface area contributed by atoms with Crippen LogP contribution in [0.5, 0.6) is 0 Å². The Labute approximate surface area is 144 Å². The lowest BCUT2D eigenvalue weighted by molar-refractivity contribution is -0.115. The number of rotatable bonds is 6. The van der Waals surface area contributed by atoms with Crippen LogP contribution in [-0.4, -0.2) is 20.9 Å². The van der Waals surface area contributed by atoms with Gasteiger partial charge in [0.25, 0.3) is 0 Å². The number of carbonyl (C=O) groups is 1. The number of nitrogens with two attached hydrogens (primary N) is 1. The Kier molecular flexibility index (Phi) is 5.83. The van der Waals surface area contributed by atoms with Crippen LogP contribution in [-0.2, 0) is 14.8 Å². The van der Waals surface area contributed by atoms with E-state index in [1.807, 2.05) is 0 Å². The summed E-state index contributed by atoms with van der Waals surface area (Å²) in [6, 6.07) is 8.63. The van der Waals surface area contributed by atoms with Gasteiger partial charge in [-0.15, -0.1) is 0 Å². The number of carbonyl (C=O) groups excluding carboxylic acids is 1. The SMILES string of the molecule is C[C@H](NCC(=O)Nc1cccc(S(N)(=O)=O)c1)c1ccc(F)c(F)c1. The van der Waals surface area contributed by atoms with Crippen molar-refractivity contribution in [2.24, 2.45) is 5.14 Å². The van der Waals surface area contributed by atoms with Crippen LogP contribution in [0.4, 0.5) is 14.5 Å². The molecule has 0 saturated carbocycles. The van der Waals surface area contributed by atoms with E-state index in [1.54, 1.807) is 6.92 Å². The third-order valence-electron chi connectivity index (χ3n) is 3.46. The first-order valence-electron chi connectivity index (χ1n) is 7.28. The van der Waals surface area contributed by atoms with Crippen LogP contribution in [0.2, 0.25) is 0 Å². The zero-order valence-electron chi connectivity index (χ0n) is 13.3. The molecule has 0 saturated heterocycles. The van der Waals surface area contributed by atoms with Gasteiger partial charge in [0.15, 0.2) is 11.6 Å².